The molecule has 0 saturated heterocycles. The van der Waals surface area contributed by atoms with E-state index in [9.17, 15) is 13.2 Å². The first-order valence-electron chi connectivity index (χ1n) is 9.72. The minimum Gasteiger partial charge on any atom is -0.484 e. The van der Waals surface area contributed by atoms with Gasteiger partial charge in [-0.2, -0.15) is 0 Å². The fourth-order valence-electron chi connectivity index (χ4n) is 2.96. The lowest BCUT2D eigenvalue weighted by Crippen LogP contribution is -2.34. The number of thiophene rings is 1. The van der Waals surface area contributed by atoms with E-state index in [1.165, 1.54) is 16.9 Å². The number of amides is 1. The number of carbonyl (C=O) groups is 1. The maximum absolute atomic E-state index is 13.2. The highest BCUT2D eigenvalue weighted by Crippen LogP contribution is 2.31. The number of aryl methyl sites for hydroxylation is 2. The number of carbonyl (C=O) groups excluding carboxylic acids is 1. The largest absolute Gasteiger partial charge is 0.484 e. The summed E-state index contributed by atoms with van der Waals surface area (Å²) in [7, 11) is -3.66. The number of hydrogen-bond acceptors (Lipinski definition) is 5. The van der Waals surface area contributed by atoms with Crippen LogP contribution in [0.3, 0.4) is 0 Å². The van der Waals surface area contributed by atoms with Crippen molar-refractivity contribution in [1.82, 2.24) is 5.32 Å². The maximum Gasteiger partial charge on any atom is 0.257 e. The van der Waals surface area contributed by atoms with Gasteiger partial charge in [0, 0.05) is 11.4 Å². The van der Waals surface area contributed by atoms with Crippen molar-refractivity contribution >= 4 is 27.1 Å². The standard InChI is InChI=1S/C23H25NO4S2/c1-3-18-8-10-19(11-9-18)28-16-23(25)24-15-22(21-5-4-14-29-21)30(26,27)20-12-6-17(2)7-13-20/h4-14,22H,3,15-16H2,1-2H3,(H,24,25). The van der Waals surface area contributed by atoms with Crippen molar-refractivity contribution in [1.29, 1.82) is 0 Å². The highest BCUT2D eigenvalue weighted by atomic mass is 32.2. The predicted molar refractivity (Wildman–Crippen MR) is 120 cm³/mol. The van der Waals surface area contributed by atoms with E-state index in [1.54, 1.807) is 30.3 Å². The van der Waals surface area contributed by atoms with E-state index in [2.05, 4.69) is 12.2 Å². The predicted octanol–water partition coefficient (Wildman–Crippen LogP) is 4.33. The lowest BCUT2D eigenvalue weighted by molar-refractivity contribution is -0.123. The molecular weight excluding hydrogens is 418 g/mol. The van der Waals surface area contributed by atoms with Gasteiger partial charge in [-0.25, -0.2) is 8.42 Å². The number of hydrogen-bond donors (Lipinski definition) is 1. The zero-order valence-electron chi connectivity index (χ0n) is 17.0. The Morgan fingerprint density at radius 3 is 2.37 bits per heavy atom. The Balaban J connectivity index is 1.67. The molecule has 1 N–H and O–H groups in total. The van der Waals surface area contributed by atoms with Crippen LogP contribution in [0.5, 0.6) is 5.75 Å². The summed E-state index contributed by atoms with van der Waals surface area (Å²) in [6, 6.07) is 17.9. The van der Waals surface area contributed by atoms with Gasteiger partial charge in [0.2, 0.25) is 0 Å². The molecule has 0 aliphatic heterocycles. The Morgan fingerprint density at radius 1 is 1.07 bits per heavy atom. The van der Waals surface area contributed by atoms with Crippen LogP contribution in [0, 0.1) is 6.92 Å². The van der Waals surface area contributed by atoms with Crippen LogP contribution in [0.2, 0.25) is 0 Å². The molecule has 0 spiro atoms. The zero-order chi connectivity index (χ0) is 21.6. The molecule has 0 fully saturated rings. The van der Waals surface area contributed by atoms with E-state index in [0.717, 1.165) is 12.0 Å². The number of sulfone groups is 1. The zero-order valence-corrected chi connectivity index (χ0v) is 18.6. The number of nitrogens with one attached hydrogen (secondary N) is 1. The second-order valence-electron chi connectivity index (χ2n) is 6.95. The van der Waals surface area contributed by atoms with E-state index in [-0.39, 0.29) is 24.0 Å². The van der Waals surface area contributed by atoms with Crippen LogP contribution >= 0.6 is 11.3 Å². The Kier molecular flexibility index (Phi) is 7.29. The summed E-state index contributed by atoms with van der Waals surface area (Å²) in [5.74, 6) is 0.236. The molecular formula is C23H25NO4S2. The molecule has 0 saturated carbocycles. The third-order valence-corrected chi connectivity index (χ3v) is 8.00. The Hall–Kier alpha value is -2.64. The molecule has 1 aromatic heterocycles. The lowest BCUT2D eigenvalue weighted by Gasteiger charge is -2.18. The fourth-order valence-corrected chi connectivity index (χ4v) is 5.74. The number of ether oxygens (including phenoxy) is 1. The summed E-state index contributed by atoms with van der Waals surface area (Å²) in [6.07, 6.45) is 0.931. The molecule has 0 radical (unpaired) electrons. The van der Waals surface area contributed by atoms with Crippen molar-refractivity contribution < 1.29 is 17.9 Å². The molecule has 0 bridgehead atoms. The van der Waals surface area contributed by atoms with Crippen LogP contribution in [0.4, 0.5) is 0 Å². The quantitative estimate of drug-likeness (QED) is 0.534. The van der Waals surface area contributed by atoms with Crippen LogP contribution in [0.25, 0.3) is 0 Å². The van der Waals surface area contributed by atoms with Crippen LogP contribution < -0.4 is 10.1 Å². The summed E-state index contributed by atoms with van der Waals surface area (Å²) in [5.41, 5.74) is 2.17. The minimum absolute atomic E-state index is 0.0201. The lowest BCUT2D eigenvalue weighted by atomic mass is 10.2. The van der Waals surface area contributed by atoms with Crippen molar-refractivity contribution in [2.45, 2.75) is 30.4 Å². The first kappa shape index (κ1) is 22.1. The van der Waals surface area contributed by atoms with E-state index >= 15 is 0 Å². The summed E-state index contributed by atoms with van der Waals surface area (Å²) < 4.78 is 32.0. The van der Waals surface area contributed by atoms with E-state index in [4.69, 9.17) is 4.74 Å². The van der Waals surface area contributed by atoms with E-state index < -0.39 is 15.1 Å². The van der Waals surface area contributed by atoms with Crippen LogP contribution in [-0.4, -0.2) is 27.5 Å². The van der Waals surface area contributed by atoms with Crippen LogP contribution in [0.1, 0.15) is 28.2 Å². The second-order valence-corrected chi connectivity index (χ2v) is 10.1. The molecule has 3 rings (SSSR count). The molecule has 1 amide bonds. The molecule has 7 heteroatoms. The number of rotatable bonds is 9. The van der Waals surface area contributed by atoms with E-state index in [1.807, 2.05) is 42.6 Å². The van der Waals surface area contributed by atoms with Crippen molar-refractivity contribution in [2.24, 2.45) is 0 Å². The summed E-state index contributed by atoms with van der Waals surface area (Å²) >= 11 is 1.36. The van der Waals surface area contributed by atoms with Gasteiger partial charge in [0.15, 0.2) is 16.4 Å². The fraction of sp³-hybridized carbons (Fsp3) is 0.261. The molecule has 2 aromatic carbocycles. The molecule has 158 valence electrons. The molecule has 1 unspecified atom stereocenters. The third-order valence-electron chi connectivity index (χ3n) is 4.77. The van der Waals surface area contributed by atoms with E-state index in [0.29, 0.717) is 10.6 Å². The summed E-state index contributed by atoms with van der Waals surface area (Å²) in [4.78, 5) is 13.2. The third kappa shape index (κ3) is 5.49. The highest BCUT2D eigenvalue weighted by Gasteiger charge is 2.30. The van der Waals surface area contributed by atoms with Gasteiger partial charge in [-0.1, -0.05) is 42.8 Å². The van der Waals surface area contributed by atoms with Gasteiger partial charge in [0.1, 0.15) is 11.0 Å². The normalized spacial score (nSPS) is 12.3. The van der Waals surface area contributed by atoms with Gasteiger partial charge in [-0.05, 0) is 54.6 Å². The SMILES string of the molecule is CCc1ccc(OCC(=O)NCC(c2cccs2)S(=O)(=O)c2ccc(C)cc2)cc1. The van der Waals surface area contributed by atoms with Crippen molar-refractivity contribution in [3.63, 3.8) is 0 Å². The molecule has 3 aromatic rings. The van der Waals surface area contributed by atoms with Gasteiger partial charge in [0.05, 0.1) is 4.90 Å². The van der Waals surface area contributed by atoms with Gasteiger partial charge >= 0.3 is 0 Å². The first-order chi connectivity index (χ1) is 14.4. The Morgan fingerprint density at radius 2 is 1.77 bits per heavy atom. The van der Waals surface area contributed by atoms with Gasteiger partial charge < -0.3 is 10.1 Å². The van der Waals surface area contributed by atoms with Crippen molar-refractivity contribution in [3.8, 4) is 5.75 Å². The van der Waals surface area contributed by atoms with Crippen LogP contribution in [0.15, 0.2) is 70.9 Å². The first-order valence-corrected chi connectivity index (χ1v) is 12.1. The molecule has 5 nitrogen and oxygen atoms in total. The molecule has 1 heterocycles. The molecule has 30 heavy (non-hydrogen) atoms. The monoisotopic (exact) mass is 443 g/mol. The molecule has 1 atom stereocenters. The highest BCUT2D eigenvalue weighted by molar-refractivity contribution is 7.91. The van der Waals surface area contributed by atoms with Gasteiger partial charge in [-0.15, -0.1) is 11.3 Å². The van der Waals surface area contributed by atoms with Crippen molar-refractivity contribution in [3.05, 3.63) is 82.0 Å². The second kappa shape index (κ2) is 9.91. The van der Waals surface area contributed by atoms with Crippen LogP contribution in [-0.2, 0) is 21.1 Å². The summed E-state index contributed by atoms with van der Waals surface area (Å²) in [5, 5.41) is 3.69. The smallest absolute Gasteiger partial charge is 0.257 e. The van der Waals surface area contributed by atoms with Gasteiger partial charge in [-0.3, -0.25) is 4.79 Å². The minimum atomic E-state index is -3.66. The average molecular weight is 444 g/mol. The van der Waals surface area contributed by atoms with Crippen molar-refractivity contribution in [2.75, 3.05) is 13.2 Å². The Bertz CT molecular complexity index is 1060. The van der Waals surface area contributed by atoms with Gasteiger partial charge in [0.25, 0.3) is 5.91 Å². The summed E-state index contributed by atoms with van der Waals surface area (Å²) in [6.45, 7) is 3.78. The maximum atomic E-state index is 13.2. The number of benzene rings is 2. The molecule has 0 aliphatic carbocycles. The molecule has 0 aliphatic rings. The Labute approximate surface area is 181 Å². The average Bonchev–Trinajstić information content (AvgIpc) is 3.27. The topological polar surface area (TPSA) is 72.5 Å².